The fraction of sp³-hybridized carbons (Fsp3) is 0.111. The minimum Gasteiger partial charge on any atom is -0.306 e. The number of fused-ring (bicyclic) bond motifs is 1. The van der Waals surface area contributed by atoms with E-state index in [9.17, 15) is 22.0 Å². The molecule has 2 aromatic carbocycles. The van der Waals surface area contributed by atoms with Crippen LogP contribution < -0.4 is 5.32 Å². The van der Waals surface area contributed by atoms with Gasteiger partial charge in [0.2, 0.25) is 0 Å². The van der Waals surface area contributed by atoms with Crippen LogP contribution in [0.3, 0.4) is 0 Å². The van der Waals surface area contributed by atoms with Crippen molar-refractivity contribution < 1.29 is 22.0 Å². The normalized spacial score (nSPS) is 14.7. The van der Waals surface area contributed by atoms with Gasteiger partial charge in [-0.15, -0.1) is 0 Å². The lowest BCUT2D eigenvalue weighted by Crippen LogP contribution is -2.17. The van der Waals surface area contributed by atoms with Crippen molar-refractivity contribution in [3.63, 3.8) is 0 Å². The number of carbonyl (C=O) groups is 1. The van der Waals surface area contributed by atoms with Gasteiger partial charge in [0.25, 0.3) is 5.91 Å². The first-order chi connectivity index (χ1) is 12.8. The maximum Gasteiger partial charge on any atom is 0.256 e. The third-order valence-electron chi connectivity index (χ3n) is 4.18. The van der Waals surface area contributed by atoms with Gasteiger partial charge >= 0.3 is 0 Å². The van der Waals surface area contributed by atoms with E-state index in [1.165, 1.54) is 47.1 Å². The molecule has 138 valence electrons. The van der Waals surface area contributed by atoms with Crippen molar-refractivity contribution in [2.24, 2.45) is 0 Å². The zero-order valence-electron chi connectivity index (χ0n) is 13.8. The summed E-state index contributed by atoms with van der Waals surface area (Å²) in [5.74, 6) is -1.94. The van der Waals surface area contributed by atoms with E-state index in [-0.39, 0.29) is 22.9 Å². The monoisotopic (exact) mass is 389 g/mol. The SMILES string of the molecule is O=C(Nc1c2c(nn1-c1ccc(F)cc1)CS(=O)(=O)C2)c1cccc(F)c1. The van der Waals surface area contributed by atoms with Crippen LogP contribution in [-0.4, -0.2) is 24.1 Å². The van der Waals surface area contributed by atoms with Gasteiger partial charge in [-0.05, 0) is 42.5 Å². The van der Waals surface area contributed by atoms with Crippen LogP contribution in [0.4, 0.5) is 14.6 Å². The Kier molecular flexibility index (Phi) is 4.03. The van der Waals surface area contributed by atoms with E-state index in [2.05, 4.69) is 10.4 Å². The average Bonchev–Trinajstić information content (AvgIpc) is 3.08. The molecule has 1 aromatic heterocycles. The number of carbonyl (C=O) groups excluding carboxylic acids is 1. The van der Waals surface area contributed by atoms with Crippen LogP contribution in [0.5, 0.6) is 0 Å². The minimum absolute atomic E-state index is 0.0801. The lowest BCUT2D eigenvalue weighted by Gasteiger charge is -2.11. The molecule has 0 spiro atoms. The highest BCUT2D eigenvalue weighted by Crippen LogP contribution is 2.33. The Bertz CT molecular complexity index is 1160. The molecule has 6 nitrogen and oxygen atoms in total. The molecule has 2 heterocycles. The molecular weight excluding hydrogens is 376 g/mol. The quantitative estimate of drug-likeness (QED) is 0.747. The van der Waals surface area contributed by atoms with Crippen molar-refractivity contribution in [1.82, 2.24) is 9.78 Å². The van der Waals surface area contributed by atoms with Crippen molar-refractivity contribution >= 4 is 21.6 Å². The summed E-state index contributed by atoms with van der Waals surface area (Å²) in [7, 11) is -3.34. The lowest BCUT2D eigenvalue weighted by molar-refractivity contribution is 0.102. The van der Waals surface area contributed by atoms with Crippen LogP contribution in [-0.2, 0) is 21.3 Å². The molecule has 4 rings (SSSR count). The standard InChI is InChI=1S/C18H13F2N3O3S/c19-12-4-6-14(7-5-12)23-17(15-9-27(25,26)10-16(15)22-23)21-18(24)11-2-1-3-13(20)8-11/h1-8H,9-10H2,(H,21,24). The number of halogens is 2. The molecule has 0 atom stereocenters. The first-order valence-corrected chi connectivity index (χ1v) is 9.78. The fourth-order valence-corrected chi connectivity index (χ4v) is 4.44. The van der Waals surface area contributed by atoms with E-state index in [1.54, 1.807) is 0 Å². The number of aromatic nitrogens is 2. The summed E-state index contributed by atoms with van der Waals surface area (Å²) in [5.41, 5.74) is 1.24. The molecule has 0 fully saturated rings. The van der Waals surface area contributed by atoms with E-state index < -0.39 is 27.4 Å². The first kappa shape index (κ1) is 17.3. The van der Waals surface area contributed by atoms with E-state index in [0.717, 1.165) is 6.07 Å². The van der Waals surface area contributed by atoms with Crippen molar-refractivity contribution in [3.8, 4) is 5.69 Å². The molecule has 27 heavy (non-hydrogen) atoms. The molecule has 0 aliphatic carbocycles. The molecule has 0 unspecified atom stereocenters. The number of rotatable bonds is 3. The largest absolute Gasteiger partial charge is 0.306 e. The van der Waals surface area contributed by atoms with Crippen molar-refractivity contribution in [2.45, 2.75) is 11.5 Å². The zero-order chi connectivity index (χ0) is 19.2. The van der Waals surface area contributed by atoms with Crippen molar-refractivity contribution in [1.29, 1.82) is 0 Å². The van der Waals surface area contributed by atoms with Crippen molar-refractivity contribution in [3.05, 3.63) is 77.0 Å². The van der Waals surface area contributed by atoms with Crippen LogP contribution in [0.1, 0.15) is 21.6 Å². The van der Waals surface area contributed by atoms with Gasteiger partial charge in [0.05, 0.1) is 22.9 Å². The van der Waals surface area contributed by atoms with E-state index in [0.29, 0.717) is 16.9 Å². The Morgan fingerprint density at radius 2 is 1.78 bits per heavy atom. The Hall–Kier alpha value is -3.07. The average molecular weight is 389 g/mol. The summed E-state index contributed by atoms with van der Waals surface area (Å²) in [4.78, 5) is 12.5. The lowest BCUT2D eigenvalue weighted by atomic mass is 10.2. The van der Waals surface area contributed by atoms with Gasteiger partial charge in [0, 0.05) is 11.1 Å². The summed E-state index contributed by atoms with van der Waals surface area (Å²) in [6.07, 6.45) is 0. The third-order valence-corrected chi connectivity index (χ3v) is 5.62. The molecule has 1 aliphatic heterocycles. The molecule has 1 amide bonds. The smallest absolute Gasteiger partial charge is 0.256 e. The number of benzene rings is 2. The number of hydrogen-bond donors (Lipinski definition) is 1. The highest BCUT2D eigenvalue weighted by Gasteiger charge is 2.33. The fourth-order valence-electron chi connectivity index (χ4n) is 2.95. The summed E-state index contributed by atoms with van der Waals surface area (Å²) in [5, 5.41) is 6.90. The van der Waals surface area contributed by atoms with Gasteiger partial charge in [-0.25, -0.2) is 21.9 Å². The Morgan fingerprint density at radius 3 is 2.48 bits per heavy atom. The third kappa shape index (κ3) is 3.33. The number of sulfone groups is 1. The van der Waals surface area contributed by atoms with Crippen molar-refractivity contribution in [2.75, 3.05) is 5.32 Å². The van der Waals surface area contributed by atoms with E-state index in [1.807, 2.05) is 0 Å². The molecule has 0 saturated heterocycles. The second-order valence-electron chi connectivity index (χ2n) is 6.16. The molecule has 9 heteroatoms. The molecule has 1 aliphatic rings. The summed E-state index contributed by atoms with van der Waals surface area (Å²) < 4.78 is 51.8. The second-order valence-corrected chi connectivity index (χ2v) is 8.22. The van der Waals surface area contributed by atoms with Gasteiger partial charge in [-0.1, -0.05) is 6.07 Å². The predicted octanol–water partition coefficient (Wildman–Crippen LogP) is 2.83. The topological polar surface area (TPSA) is 81.1 Å². The summed E-state index contributed by atoms with van der Waals surface area (Å²) >= 11 is 0. The van der Waals surface area contributed by atoms with Crippen LogP contribution >= 0.6 is 0 Å². The van der Waals surface area contributed by atoms with Crippen LogP contribution in [0.2, 0.25) is 0 Å². The Morgan fingerprint density at radius 1 is 1.04 bits per heavy atom. The zero-order valence-corrected chi connectivity index (χ0v) is 14.6. The highest BCUT2D eigenvalue weighted by atomic mass is 32.2. The highest BCUT2D eigenvalue weighted by molar-refractivity contribution is 7.90. The van der Waals surface area contributed by atoms with E-state index in [4.69, 9.17) is 0 Å². The number of hydrogen-bond acceptors (Lipinski definition) is 4. The van der Waals surface area contributed by atoms with Gasteiger partial charge in [0.15, 0.2) is 9.84 Å². The molecule has 0 bridgehead atoms. The number of nitrogens with zero attached hydrogens (tertiary/aromatic N) is 2. The molecule has 0 saturated carbocycles. The molecular formula is C18H13F2N3O3S. The van der Waals surface area contributed by atoms with Crippen LogP contribution in [0.15, 0.2) is 48.5 Å². The van der Waals surface area contributed by atoms with Crippen LogP contribution in [0.25, 0.3) is 5.69 Å². The van der Waals surface area contributed by atoms with Gasteiger partial charge in [-0.3, -0.25) is 4.79 Å². The van der Waals surface area contributed by atoms with Gasteiger partial charge in [-0.2, -0.15) is 5.10 Å². The maximum atomic E-state index is 13.4. The Balaban J connectivity index is 1.78. The number of nitrogens with one attached hydrogen (secondary N) is 1. The molecule has 1 N–H and O–H groups in total. The first-order valence-electron chi connectivity index (χ1n) is 7.96. The van der Waals surface area contributed by atoms with Crippen LogP contribution in [0, 0.1) is 11.6 Å². The van der Waals surface area contributed by atoms with Gasteiger partial charge in [0.1, 0.15) is 17.5 Å². The van der Waals surface area contributed by atoms with E-state index >= 15 is 0 Å². The molecule has 0 radical (unpaired) electrons. The van der Waals surface area contributed by atoms with Gasteiger partial charge < -0.3 is 5.32 Å². The summed E-state index contributed by atoms with van der Waals surface area (Å²) in [6.45, 7) is 0. The maximum absolute atomic E-state index is 13.4. The predicted molar refractivity (Wildman–Crippen MR) is 94.2 cm³/mol. The number of amides is 1. The second kappa shape index (κ2) is 6.27. The number of anilines is 1. The minimum atomic E-state index is -3.34. The molecule has 3 aromatic rings. The summed E-state index contributed by atoms with van der Waals surface area (Å²) in [6, 6.07) is 10.5. The Labute approximate surface area is 153 Å².